The predicted octanol–water partition coefficient (Wildman–Crippen LogP) is 2.92. The van der Waals surface area contributed by atoms with E-state index in [1.807, 2.05) is 6.92 Å². The van der Waals surface area contributed by atoms with Gasteiger partial charge in [0, 0.05) is 16.1 Å². The van der Waals surface area contributed by atoms with Crippen LogP contribution in [-0.2, 0) is 6.61 Å². The van der Waals surface area contributed by atoms with E-state index in [1.54, 1.807) is 42.5 Å². The summed E-state index contributed by atoms with van der Waals surface area (Å²) >= 11 is 5.84. The van der Waals surface area contributed by atoms with Crippen LogP contribution in [0, 0.1) is 0 Å². The van der Waals surface area contributed by atoms with Gasteiger partial charge in [-0.3, -0.25) is 10.2 Å². The monoisotopic (exact) mass is 320 g/mol. The molecule has 2 aromatic carbocycles. The maximum absolute atomic E-state index is 11.6. The number of rotatable bonds is 6. The summed E-state index contributed by atoms with van der Waals surface area (Å²) in [6, 6.07) is 12.1. The minimum atomic E-state index is -0.365. The van der Waals surface area contributed by atoms with Gasteiger partial charge >= 0.3 is 0 Å². The van der Waals surface area contributed by atoms with Crippen molar-refractivity contribution in [3.63, 3.8) is 0 Å². The molecule has 2 rings (SSSR count). The highest BCUT2D eigenvalue weighted by Gasteiger charge is 2.10. The molecule has 0 spiro atoms. The molecule has 2 aromatic rings. The van der Waals surface area contributed by atoms with Crippen LogP contribution in [-0.4, -0.2) is 12.5 Å². The summed E-state index contributed by atoms with van der Waals surface area (Å²) < 4.78 is 11.2. The number of nitrogen functional groups attached to an aromatic ring is 1. The minimum absolute atomic E-state index is 0.267. The van der Waals surface area contributed by atoms with Gasteiger partial charge in [0.1, 0.15) is 18.1 Å². The number of hydrogen-bond donors (Lipinski definition) is 2. The molecule has 0 aliphatic carbocycles. The summed E-state index contributed by atoms with van der Waals surface area (Å²) in [5, 5.41) is 0.643. The average Bonchev–Trinajstić information content (AvgIpc) is 2.55. The maximum atomic E-state index is 11.6. The van der Waals surface area contributed by atoms with Crippen LogP contribution in [0.1, 0.15) is 22.8 Å². The van der Waals surface area contributed by atoms with E-state index in [4.69, 9.17) is 26.9 Å². The maximum Gasteiger partial charge on any atom is 0.265 e. The van der Waals surface area contributed by atoms with Gasteiger partial charge in [-0.25, -0.2) is 5.84 Å². The van der Waals surface area contributed by atoms with Crippen molar-refractivity contribution in [3.8, 4) is 11.5 Å². The number of benzene rings is 2. The minimum Gasteiger partial charge on any atom is -0.493 e. The molecule has 0 saturated heterocycles. The third-order valence-corrected chi connectivity index (χ3v) is 3.21. The molecule has 3 N–H and O–H groups in total. The zero-order valence-electron chi connectivity index (χ0n) is 12.1. The van der Waals surface area contributed by atoms with Crippen molar-refractivity contribution in [2.24, 2.45) is 5.84 Å². The fourth-order valence-corrected chi connectivity index (χ4v) is 2.03. The number of ether oxygens (including phenoxy) is 2. The lowest BCUT2D eigenvalue weighted by molar-refractivity contribution is 0.0953. The standard InChI is InChI=1S/C16H17ClN2O3/c1-2-21-15-8-3-11(16(20)19-18)9-12(15)10-22-14-6-4-13(17)5-7-14/h3-9H,2,10,18H2,1H3,(H,19,20). The number of nitrogens with two attached hydrogens (primary N) is 1. The molecule has 22 heavy (non-hydrogen) atoms. The smallest absolute Gasteiger partial charge is 0.265 e. The number of carbonyl (C=O) groups is 1. The lowest BCUT2D eigenvalue weighted by atomic mass is 10.1. The van der Waals surface area contributed by atoms with E-state index in [1.165, 1.54) is 0 Å². The highest BCUT2D eigenvalue weighted by molar-refractivity contribution is 6.30. The fourth-order valence-electron chi connectivity index (χ4n) is 1.91. The van der Waals surface area contributed by atoms with Gasteiger partial charge in [0.05, 0.1) is 6.61 Å². The Morgan fingerprint density at radius 2 is 1.91 bits per heavy atom. The van der Waals surface area contributed by atoms with Gasteiger partial charge in [0.2, 0.25) is 0 Å². The van der Waals surface area contributed by atoms with Crippen LogP contribution in [0.4, 0.5) is 0 Å². The number of nitrogens with one attached hydrogen (secondary N) is 1. The Labute approximate surface area is 134 Å². The largest absolute Gasteiger partial charge is 0.493 e. The zero-order valence-corrected chi connectivity index (χ0v) is 12.9. The first-order chi connectivity index (χ1) is 10.6. The first kappa shape index (κ1) is 16.1. The molecule has 1 amide bonds. The number of hydrogen-bond acceptors (Lipinski definition) is 4. The second kappa shape index (κ2) is 7.68. The summed E-state index contributed by atoms with van der Waals surface area (Å²) in [6.07, 6.45) is 0. The Morgan fingerprint density at radius 3 is 2.55 bits per heavy atom. The van der Waals surface area contributed by atoms with Gasteiger partial charge < -0.3 is 9.47 Å². The molecule has 0 unspecified atom stereocenters. The van der Waals surface area contributed by atoms with E-state index in [9.17, 15) is 4.79 Å². The molecule has 0 atom stereocenters. The van der Waals surface area contributed by atoms with Crippen LogP contribution in [0.25, 0.3) is 0 Å². The zero-order chi connectivity index (χ0) is 15.9. The van der Waals surface area contributed by atoms with Crippen molar-refractivity contribution >= 4 is 17.5 Å². The van der Waals surface area contributed by atoms with Crippen LogP contribution in [0.5, 0.6) is 11.5 Å². The summed E-state index contributed by atoms with van der Waals surface area (Å²) in [6.45, 7) is 2.68. The van der Waals surface area contributed by atoms with E-state index in [0.29, 0.717) is 28.7 Å². The molecule has 5 nitrogen and oxygen atoms in total. The number of hydrazine groups is 1. The predicted molar refractivity (Wildman–Crippen MR) is 85.0 cm³/mol. The summed E-state index contributed by atoms with van der Waals surface area (Å²) in [4.78, 5) is 11.6. The van der Waals surface area contributed by atoms with E-state index in [2.05, 4.69) is 5.43 Å². The number of halogens is 1. The lowest BCUT2D eigenvalue weighted by Crippen LogP contribution is -2.30. The van der Waals surface area contributed by atoms with Crippen molar-refractivity contribution in [3.05, 3.63) is 58.6 Å². The Balaban J connectivity index is 2.18. The molecular weight excluding hydrogens is 304 g/mol. The third kappa shape index (κ3) is 4.13. The van der Waals surface area contributed by atoms with Crippen molar-refractivity contribution in [2.75, 3.05) is 6.61 Å². The summed E-state index contributed by atoms with van der Waals surface area (Å²) in [7, 11) is 0. The molecule has 0 heterocycles. The second-order valence-corrected chi connectivity index (χ2v) is 4.91. The lowest BCUT2D eigenvalue weighted by Gasteiger charge is -2.13. The van der Waals surface area contributed by atoms with Gasteiger partial charge in [-0.05, 0) is 49.4 Å². The molecule has 0 aliphatic rings. The quantitative estimate of drug-likeness (QED) is 0.487. The third-order valence-electron chi connectivity index (χ3n) is 2.96. The molecule has 6 heteroatoms. The van der Waals surface area contributed by atoms with Crippen molar-refractivity contribution in [1.82, 2.24) is 5.43 Å². The van der Waals surface area contributed by atoms with E-state index in [-0.39, 0.29) is 12.5 Å². The second-order valence-electron chi connectivity index (χ2n) is 4.47. The topological polar surface area (TPSA) is 73.6 Å². The molecule has 0 aliphatic heterocycles. The Hall–Kier alpha value is -2.24. The van der Waals surface area contributed by atoms with E-state index < -0.39 is 0 Å². The SMILES string of the molecule is CCOc1ccc(C(=O)NN)cc1COc1ccc(Cl)cc1. The summed E-state index contributed by atoms with van der Waals surface area (Å²) in [5.74, 6) is 6.14. The Kier molecular flexibility index (Phi) is 5.63. The fraction of sp³-hybridized carbons (Fsp3) is 0.188. The van der Waals surface area contributed by atoms with Crippen LogP contribution in [0.2, 0.25) is 5.02 Å². The molecule has 0 bridgehead atoms. The number of amides is 1. The van der Waals surface area contributed by atoms with Gasteiger partial charge in [-0.15, -0.1) is 0 Å². The first-order valence-electron chi connectivity index (χ1n) is 6.79. The highest BCUT2D eigenvalue weighted by Crippen LogP contribution is 2.23. The van der Waals surface area contributed by atoms with Crippen LogP contribution >= 0.6 is 11.6 Å². The number of carbonyl (C=O) groups excluding carboxylic acids is 1. The van der Waals surface area contributed by atoms with Gasteiger partial charge in [0.25, 0.3) is 5.91 Å². The molecular formula is C16H17ClN2O3. The summed E-state index contributed by atoms with van der Waals surface area (Å²) in [5.41, 5.74) is 3.31. The van der Waals surface area contributed by atoms with Gasteiger partial charge in [-0.1, -0.05) is 11.6 Å². The van der Waals surface area contributed by atoms with Crippen LogP contribution < -0.4 is 20.7 Å². The van der Waals surface area contributed by atoms with Crippen LogP contribution in [0.3, 0.4) is 0 Å². The highest BCUT2D eigenvalue weighted by atomic mass is 35.5. The van der Waals surface area contributed by atoms with E-state index in [0.717, 1.165) is 5.56 Å². The van der Waals surface area contributed by atoms with Gasteiger partial charge in [0.15, 0.2) is 0 Å². The van der Waals surface area contributed by atoms with E-state index >= 15 is 0 Å². The normalized spacial score (nSPS) is 10.1. The molecule has 0 aromatic heterocycles. The van der Waals surface area contributed by atoms with Gasteiger partial charge in [-0.2, -0.15) is 0 Å². The molecule has 116 valence electrons. The van der Waals surface area contributed by atoms with Crippen LogP contribution in [0.15, 0.2) is 42.5 Å². The van der Waals surface area contributed by atoms with Crippen molar-refractivity contribution < 1.29 is 14.3 Å². The first-order valence-corrected chi connectivity index (χ1v) is 7.17. The van der Waals surface area contributed by atoms with Crippen molar-refractivity contribution in [2.45, 2.75) is 13.5 Å². The molecule has 0 fully saturated rings. The Bertz CT molecular complexity index is 644. The molecule has 0 radical (unpaired) electrons. The Morgan fingerprint density at radius 1 is 1.18 bits per heavy atom. The molecule has 0 saturated carbocycles. The average molecular weight is 321 g/mol. The van der Waals surface area contributed by atoms with Crippen molar-refractivity contribution in [1.29, 1.82) is 0 Å².